The molecule has 0 spiro atoms. The zero-order valence-corrected chi connectivity index (χ0v) is 18.4. The van der Waals surface area contributed by atoms with E-state index in [0.717, 1.165) is 5.56 Å². The Hall–Kier alpha value is -2.91. The Kier molecular flexibility index (Phi) is 8.02. The summed E-state index contributed by atoms with van der Waals surface area (Å²) in [6.07, 6.45) is 0. The topological polar surface area (TPSA) is 75.5 Å². The van der Waals surface area contributed by atoms with Crippen molar-refractivity contribution in [1.82, 2.24) is 14.8 Å². The normalized spacial score (nSPS) is 11.9. The number of nitrogens with zero attached hydrogens (tertiary/aromatic N) is 3. The van der Waals surface area contributed by atoms with Crippen molar-refractivity contribution in [3.63, 3.8) is 0 Å². The van der Waals surface area contributed by atoms with Crippen LogP contribution in [0.2, 0.25) is 0 Å². The quantitative estimate of drug-likeness (QED) is 0.340. The number of para-hydroxylation sites is 1. The van der Waals surface area contributed by atoms with Gasteiger partial charge in [0.15, 0.2) is 22.5 Å². The fourth-order valence-corrected chi connectivity index (χ4v) is 3.98. The van der Waals surface area contributed by atoms with Crippen molar-refractivity contribution in [2.45, 2.75) is 30.5 Å². The summed E-state index contributed by atoms with van der Waals surface area (Å²) in [6, 6.07) is 13.4. The monoisotopic (exact) mass is 445 g/mol. The van der Waals surface area contributed by atoms with Gasteiger partial charge in [0.2, 0.25) is 0 Å². The fraction of sp³-hybridized carbons (Fsp3) is 0.318. The van der Waals surface area contributed by atoms with E-state index in [9.17, 15) is 9.18 Å². The van der Waals surface area contributed by atoms with E-state index in [1.165, 1.54) is 24.9 Å². The summed E-state index contributed by atoms with van der Waals surface area (Å²) in [5.41, 5.74) is 1.52. The van der Waals surface area contributed by atoms with Gasteiger partial charge in [-0.1, -0.05) is 36.0 Å². The minimum absolute atomic E-state index is 0.0385. The predicted molar refractivity (Wildman–Crippen MR) is 115 cm³/mol. The minimum atomic E-state index is -0.427. The van der Waals surface area contributed by atoms with Crippen molar-refractivity contribution in [3.8, 4) is 5.75 Å². The first-order valence-corrected chi connectivity index (χ1v) is 10.6. The van der Waals surface area contributed by atoms with Gasteiger partial charge >= 0.3 is 5.97 Å². The Morgan fingerprint density at radius 1 is 1.13 bits per heavy atom. The lowest BCUT2D eigenvalue weighted by Gasteiger charge is -2.17. The molecule has 1 aromatic heterocycles. The average molecular weight is 446 g/mol. The number of hydrogen-bond acceptors (Lipinski definition) is 7. The highest BCUT2D eigenvalue weighted by molar-refractivity contribution is 7.98. The van der Waals surface area contributed by atoms with Crippen LogP contribution in [0.25, 0.3) is 0 Å². The third-order valence-corrected chi connectivity index (χ3v) is 5.53. The molecule has 0 fully saturated rings. The highest BCUT2D eigenvalue weighted by Gasteiger charge is 2.19. The first-order chi connectivity index (χ1) is 15.0. The van der Waals surface area contributed by atoms with Gasteiger partial charge in [0.1, 0.15) is 6.61 Å². The van der Waals surface area contributed by atoms with E-state index in [1.807, 2.05) is 23.6 Å². The number of carbonyl (C=O) groups excluding carboxylic acids is 1. The van der Waals surface area contributed by atoms with Crippen LogP contribution < -0.4 is 4.74 Å². The van der Waals surface area contributed by atoms with Gasteiger partial charge in [-0.25, -0.2) is 9.18 Å². The number of halogens is 1. The van der Waals surface area contributed by atoms with Gasteiger partial charge in [-0.3, -0.25) is 4.57 Å². The summed E-state index contributed by atoms with van der Waals surface area (Å²) < 4.78 is 31.5. The van der Waals surface area contributed by atoms with Crippen LogP contribution in [0, 0.1) is 5.82 Å². The van der Waals surface area contributed by atoms with Gasteiger partial charge in [-0.15, -0.1) is 10.2 Å². The van der Waals surface area contributed by atoms with Crippen LogP contribution in [0.15, 0.2) is 53.7 Å². The Bertz CT molecular complexity index is 1010. The summed E-state index contributed by atoms with van der Waals surface area (Å²) in [7, 11) is 2.99. The Labute approximate surface area is 184 Å². The molecule has 0 radical (unpaired) electrons. The molecule has 0 saturated heterocycles. The SMILES string of the molecule is COC[C@@H](C)n1c(COc2ccccc2F)nnc1SCc1ccc(C(=O)OC)cc1. The molecule has 0 N–H and O–H groups in total. The third-order valence-electron chi connectivity index (χ3n) is 4.52. The molecule has 0 saturated carbocycles. The number of benzene rings is 2. The van der Waals surface area contributed by atoms with Gasteiger partial charge in [-0.05, 0) is 36.8 Å². The van der Waals surface area contributed by atoms with Gasteiger partial charge in [0, 0.05) is 12.9 Å². The van der Waals surface area contributed by atoms with E-state index >= 15 is 0 Å². The van der Waals surface area contributed by atoms with E-state index in [4.69, 9.17) is 14.2 Å². The predicted octanol–water partition coefficient (Wildman–Crippen LogP) is 4.28. The van der Waals surface area contributed by atoms with Crippen LogP contribution >= 0.6 is 11.8 Å². The number of carbonyl (C=O) groups is 1. The van der Waals surface area contributed by atoms with E-state index < -0.39 is 5.82 Å². The van der Waals surface area contributed by atoms with Crippen LogP contribution in [-0.4, -0.2) is 41.6 Å². The summed E-state index contributed by atoms with van der Waals surface area (Å²) in [4.78, 5) is 11.6. The van der Waals surface area contributed by atoms with Gasteiger partial charge in [0.25, 0.3) is 0 Å². The summed E-state index contributed by atoms with van der Waals surface area (Å²) >= 11 is 1.51. The molecule has 0 aliphatic rings. The van der Waals surface area contributed by atoms with Gasteiger partial charge < -0.3 is 14.2 Å². The van der Waals surface area contributed by atoms with Crippen LogP contribution in [-0.2, 0) is 21.8 Å². The van der Waals surface area contributed by atoms with Crippen LogP contribution in [0.3, 0.4) is 0 Å². The maximum absolute atomic E-state index is 13.9. The van der Waals surface area contributed by atoms with Crippen LogP contribution in [0.1, 0.15) is 34.7 Å². The maximum Gasteiger partial charge on any atom is 0.337 e. The van der Waals surface area contributed by atoms with Crippen molar-refractivity contribution in [2.75, 3.05) is 20.8 Å². The molecule has 3 rings (SSSR count). The molecular formula is C22H24FN3O4S. The molecular weight excluding hydrogens is 421 g/mol. The Balaban J connectivity index is 1.73. The van der Waals surface area contributed by atoms with Crippen molar-refractivity contribution in [1.29, 1.82) is 0 Å². The molecule has 7 nitrogen and oxygen atoms in total. The van der Waals surface area contributed by atoms with Crippen molar-refractivity contribution < 1.29 is 23.4 Å². The largest absolute Gasteiger partial charge is 0.483 e. The second-order valence-corrected chi connectivity index (χ2v) is 7.71. The lowest BCUT2D eigenvalue weighted by Crippen LogP contribution is -2.16. The highest BCUT2D eigenvalue weighted by atomic mass is 32.2. The van der Waals surface area contributed by atoms with E-state index in [0.29, 0.717) is 28.9 Å². The number of methoxy groups -OCH3 is 2. The van der Waals surface area contributed by atoms with E-state index in [1.54, 1.807) is 37.4 Å². The standard InChI is InChI=1S/C22H24FN3O4S/c1-15(12-28-2)26-20(13-30-19-7-5-4-6-18(19)23)24-25-22(26)31-14-16-8-10-17(11-9-16)21(27)29-3/h4-11,15H,12-14H2,1-3H3/t15-/m1/s1. The molecule has 2 aromatic carbocycles. The molecule has 164 valence electrons. The van der Waals surface area contributed by atoms with Gasteiger partial charge in [0.05, 0.1) is 25.3 Å². The van der Waals surface area contributed by atoms with Gasteiger partial charge in [-0.2, -0.15) is 0 Å². The first-order valence-electron chi connectivity index (χ1n) is 9.63. The molecule has 0 unspecified atom stereocenters. The smallest absolute Gasteiger partial charge is 0.337 e. The molecule has 3 aromatic rings. The van der Waals surface area contributed by atoms with E-state index in [-0.39, 0.29) is 24.4 Å². The second-order valence-electron chi connectivity index (χ2n) is 6.77. The van der Waals surface area contributed by atoms with Crippen molar-refractivity contribution in [3.05, 3.63) is 71.3 Å². The Morgan fingerprint density at radius 2 is 1.87 bits per heavy atom. The number of aromatic nitrogens is 3. The molecule has 9 heteroatoms. The zero-order valence-electron chi connectivity index (χ0n) is 17.6. The molecule has 0 bridgehead atoms. The molecule has 1 heterocycles. The first kappa shape index (κ1) is 22.8. The average Bonchev–Trinajstić information content (AvgIpc) is 3.20. The maximum atomic E-state index is 13.9. The molecule has 31 heavy (non-hydrogen) atoms. The molecule has 0 aliphatic heterocycles. The van der Waals surface area contributed by atoms with Crippen molar-refractivity contribution in [2.24, 2.45) is 0 Å². The number of hydrogen-bond donors (Lipinski definition) is 0. The third kappa shape index (κ3) is 5.83. The van der Waals surface area contributed by atoms with Crippen LogP contribution in [0.5, 0.6) is 5.75 Å². The second kappa shape index (κ2) is 10.9. The number of rotatable bonds is 10. The number of thioether (sulfide) groups is 1. The summed E-state index contributed by atoms with van der Waals surface area (Å²) in [6.45, 7) is 2.54. The Morgan fingerprint density at radius 3 is 2.55 bits per heavy atom. The highest BCUT2D eigenvalue weighted by Crippen LogP contribution is 2.26. The minimum Gasteiger partial charge on any atom is -0.483 e. The summed E-state index contributed by atoms with van der Waals surface area (Å²) in [5.74, 6) is 0.580. The number of ether oxygens (including phenoxy) is 3. The van der Waals surface area contributed by atoms with Crippen LogP contribution in [0.4, 0.5) is 4.39 Å². The summed E-state index contributed by atoms with van der Waals surface area (Å²) in [5, 5.41) is 9.26. The lowest BCUT2D eigenvalue weighted by atomic mass is 10.1. The lowest BCUT2D eigenvalue weighted by molar-refractivity contribution is 0.0600. The van der Waals surface area contributed by atoms with Crippen molar-refractivity contribution >= 4 is 17.7 Å². The molecule has 1 atom stereocenters. The number of esters is 1. The molecule has 0 amide bonds. The fourth-order valence-electron chi connectivity index (χ4n) is 2.97. The zero-order chi connectivity index (χ0) is 22.2. The molecule has 0 aliphatic carbocycles. The van der Waals surface area contributed by atoms with E-state index in [2.05, 4.69) is 10.2 Å².